The fourth-order valence-corrected chi connectivity index (χ4v) is 2.55. The standard InChI is InChI=1S/C19H22N4O2/c1-22(2)11-10-14-6-8-15(9-7-14)19(24)20-16-13-23(3)21-18(16)17-5-4-12-25-17/h4-9,12-13H,10-11H2,1-3H3,(H,20,24). The predicted molar refractivity (Wildman–Crippen MR) is 97.6 cm³/mol. The fourth-order valence-electron chi connectivity index (χ4n) is 2.55. The van der Waals surface area contributed by atoms with Crippen LogP contribution in [-0.2, 0) is 13.5 Å². The van der Waals surface area contributed by atoms with Gasteiger partial charge in [0.2, 0.25) is 0 Å². The summed E-state index contributed by atoms with van der Waals surface area (Å²) in [5.74, 6) is 0.454. The van der Waals surface area contributed by atoms with Crippen molar-refractivity contribution < 1.29 is 9.21 Å². The fraction of sp³-hybridized carbons (Fsp3) is 0.263. The molecule has 0 fully saturated rings. The zero-order chi connectivity index (χ0) is 17.8. The molecule has 25 heavy (non-hydrogen) atoms. The average molecular weight is 338 g/mol. The molecule has 6 nitrogen and oxygen atoms in total. The Morgan fingerprint density at radius 1 is 1.24 bits per heavy atom. The van der Waals surface area contributed by atoms with Crippen LogP contribution in [0.1, 0.15) is 15.9 Å². The molecule has 0 atom stereocenters. The van der Waals surface area contributed by atoms with Gasteiger partial charge in [0, 0.05) is 25.4 Å². The Bertz CT molecular complexity index is 833. The van der Waals surface area contributed by atoms with Gasteiger partial charge in [0.1, 0.15) is 0 Å². The molecule has 0 bridgehead atoms. The lowest BCUT2D eigenvalue weighted by Crippen LogP contribution is -2.15. The number of carbonyl (C=O) groups is 1. The van der Waals surface area contributed by atoms with E-state index in [9.17, 15) is 4.79 Å². The number of carbonyl (C=O) groups excluding carboxylic acids is 1. The molecule has 0 aliphatic rings. The van der Waals surface area contributed by atoms with Gasteiger partial charge in [0.05, 0.1) is 12.0 Å². The van der Waals surface area contributed by atoms with Gasteiger partial charge in [-0.15, -0.1) is 0 Å². The third kappa shape index (κ3) is 4.16. The smallest absolute Gasteiger partial charge is 0.255 e. The van der Waals surface area contributed by atoms with Gasteiger partial charge in [-0.2, -0.15) is 5.10 Å². The van der Waals surface area contributed by atoms with Crippen molar-refractivity contribution in [2.45, 2.75) is 6.42 Å². The van der Waals surface area contributed by atoms with Crippen LogP contribution in [0.15, 0.2) is 53.3 Å². The van der Waals surface area contributed by atoms with Crippen molar-refractivity contribution >= 4 is 11.6 Å². The van der Waals surface area contributed by atoms with Crippen LogP contribution >= 0.6 is 0 Å². The maximum absolute atomic E-state index is 12.5. The third-order valence-corrected chi connectivity index (χ3v) is 3.90. The van der Waals surface area contributed by atoms with Crippen LogP contribution < -0.4 is 5.32 Å². The summed E-state index contributed by atoms with van der Waals surface area (Å²) in [5, 5.41) is 7.27. The molecule has 2 heterocycles. The average Bonchev–Trinajstić information content (AvgIpc) is 3.23. The number of rotatable bonds is 6. The van der Waals surface area contributed by atoms with Crippen molar-refractivity contribution in [3.05, 3.63) is 60.0 Å². The maximum atomic E-state index is 12.5. The highest BCUT2D eigenvalue weighted by atomic mass is 16.3. The first-order chi connectivity index (χ1) is 12.0. The van der Waals surface area contributed by atoms with Gasteiger partial charge >= 0.3 is 0 Å². The number of likely N-dealkylation sites (N-methyl/N-ethyl adjacent to an activating group) is 1. The van der Waals surface area contributed by atoms with Gasteiger partial charge in [-0.1, -0.05) is 12.1 Å². The molecular formula is C19H22N4O2. The summed E-state index contributed by atoms with van der Waals surface area (Å²) < 4.78 is 7.04. The number of benzene rings is 1. The first-order valence-electron chi connectivity index (χ1n) is 8.15. The number of nitrogens with one attached hydrogen (secondary N) is 1. The summed E-state index contributed by atoms with van der Waals surface area (Å²) >= 11 is 0. The normalized spacial score (nSPS) is 11.0. The van der Waals surface area contributed by atoms with Crippen LogP contribution in [0.2, 0.25) is 0 Å². The molecule has 0 saturated carbocycles. The van der Waals surface area contributed by atoms with E-state index in [1.165, 1.54) is 5.56 Å². The van der Waals surface area contributed by atoms with E-state index in [1.54, 1.807) is 23.2 Å². The largest absolute Gasteiger partial charge is 0.463 e. The minimum Gasteiger partial charge on any atom is -0.463 e. The zero-order valence-corrected chi connectivity index (χ0v) is 14.7. The van der Waals surface area contributed by atoms with Crippen molar-refractivity contribution in [1.82, 2.24) is 14.7 Å². The first kappa shape index (κ1) is 17.0. The molecule has 0 unspecified atom stereocenters. The summed E-state index contributed by atoms with van der Waals surface area (Å²) in [4.78, 5) is 14.7. The number of hydrogen-bond donors (Lipinski definition) is 1. The second-order valence-corrected chi connectivity index (χ2v) is 6.25. The molecule has 130 valence electrons. The van der Waals surface area contributed by atoms with Crippen LogP contribution in [0.3, 0.4) is 0 Å². The Balaban J connectivity index is 1.73. The predicted octanol–water partition coefficient (Wildman–Crippen LogP) is 3.04. The van der Waals surface area contributed by atoms with Crippen molar-refractivity contribution in [3.63, 3.8) is 0 Å². The second-order valence-electron chi connectivity index (χ2n) is 6.25. The number of anilines is 1. The molecule has 3 rings (SSSR count). The van der Waals surface area contributed by atoms with E-state index in [-0.39, 0.29) is 5.91 Å². The van der Waals surface area contributed by atoms with Crippen molar-refractivity contribution in [1.29, 1.82) is 0 Å². The molecular weight excluding hydrogens is 316 g/mol. The third-order valence-electron chi connectivity index (χ3n) is 3.90. The number of amides is 1. The number of nitrogens with zero attached hydrogens (tertiary/aromatic N) is 3. The van der Waals surface area contributed by atoms with Crippen LogP contribution in [0, 0.1) is 0 Å². The van der Waals surface area contributed by atoms with E-state index in [0.717, 1.165) is 13.0 Å². The highest BCUT2D eigenvalue weighted by Gasteiger charge is 2.15. The number of aryl methyl sites for hydroxylation is 1. The van der Waals surface area contributed by atoms with Crippen molar-refractivity contribution in [3.8, 4) is 11.5 Å². The van der Waals surface area contributed by atoms with Gasteiger partial charge in [0.25, 0.3) is 5.91 Å². The molecule has 3 aromatic rings. The van der Waals surface area contributed by atoms with E-state index < -0.39 is 0 Å². The van der Waals surface area contributed by atoms with E-state index in [0.29, 0.717) is 22.7 Å². The molecule has 0 aliphatic heterocycles. The number of furan rings is 1. The van der Waals surface area contributed by atoms with E-state index >= 15 is 0 Å². The number of hydrogen-bond acceptors (Lipinski definition) is 4. The molecule has 1 aromatic carbocycles. The molecule has 0 aliphatic carbocycles. The molecule has 1 amide bonds. The van der Waals surface area contributed by atoms with Crippen molar-refractivity contribution in [2.24, 2.45) is 7.05 Å². The molecule has 2 aromatic heterocycles. The van der Waals surface area contributed by atoms with Gasteiger partial charge in [0.15, 0.2) is 11.5 Å². The zero-order valence-electron chi connectivity index (χ0n) is 14.7. The Hall–Kier alpha value is -2.86. The lowest BCUT2D eigenvalue weighted by Gasteiger charge is -2.09. The topological polar surface area (TPSA) is 63.3 Å². The summed E-state index contributed by atoms with van der Waals surface area (Å²) in [6, 6.07) is 11.3. The first-order valence-corrected chi connectivity index (χ1v) is 8.15. The highest BCUT2D eigenvalue weighted by molar-refractivity contribution is 6.05. The van der Waals surface area contributed by atoms with Gasteiger partial charge < -0.3 is 14.6 Å². The number of aromatic nitrogens is 2. The Labute approximate surface area is 147 Å². The van der Waals surface area contributed by atoms with Gasteiger partial charge in [-0.3, -0.25) is 9.48 Å². The summed E-state index contributed by atoms with van der Waals surface area (Å²) in [6.07, 6.45) is 4.31. The lowest BCUT2D eigenvalue weighted by molar-refractivity contribution is 0.102. The lowest BCUT2D eigenvalue weighted by atomic mass is 10.1. The minimum absolute atomic E-state index is 0.167. The summed E-state index contributed by atoms with van der Waals surface area (Å²) in [6.45, 7) is 0.980. The molecule has 0 spiro atoms. The SMILES string of the molecule is CN(C)CCc1ccc(C(=O)Nc2cn(C)nc2-c2ccco2)cc1. The van der Waals surface area contributed by atoms with Crippen LogP contribution in [0.5, 0.6) is 0 Å². The second kappa shape index (κ2) is 7.36. The summed E-state index contributed by atoms with van der Waals surface area (Å²) in [5.41, 5.74) is 3.06. The molecule has 1 N–H and O–H groups in total. The van der Waals surface area contributed by atoms with E-state index in [4.69, 9.17) is 4.42 Å². The molecule has 0 saturated heterocycles. The van der Waals surface area contributed by atoms with Gasteiger partial charge in [-0.05, 0) is 50.3 Å². The van der Waals surface area contributed by atoms with E-state index in [2.05, 4.69) is 15.3 Å². The van der Waals surface area contributed by atoms with Crippen LogP contribution in [0.25, 0.3) is 11.5 Å². The van der Waals surface area contributed by atoms with Crippen molar-refractivity contribution in [2.75, 3.05) is 26.0 Å². The molecule has 6 heteroatoms. The monoisotopic (exact) mass is 338 g/mol. The minimum atomic E-state index is -0.167. The quantitative estimate of drug-likeness (QED) is 0.750. The summed E-state index contributed by atoms with van der Waals surface area (Å²) in [7, 11) is 5.90. The van der Waals surface area contributed by atoms with Gasteiger partial charge in [-0.25, -0.2) is 0 Å². The van der Waals surface area contributed by atoms with E-state index in [1.807, 2.05) is 51.5 Å². The molecule has 0 radical (unpaired) electrons. The van der Waals surface area contributed by atoms with Crippen LogP contribution in [-0.4, -0.2) is 41.2 Å². The maximum Gasteiger partial charge on any atom is 0.255 e. The Morgan fingerprint density at radius 3 is 2.64 bits per heavy atom. The highest BCUT2D eigenvalue weighted by Crippen LogP contribution is 2.26. The van der Waals surface area contributed by atoms with Crippen LogP contribution in [0.4, 0.5) is 5.69 Å². The Morgan fingerprint density at radius 2 is 2.00 bits per heavy atom. The Kier molecular flexibility index (Phi) is 5.00.